The smallest absolute Gasteiger partial charge is 0.317 e. The van der Waals surface area contributed by atoms with Crippen molar-refractivity contribution in [2.75, 3.05) is 0 Å². The van der Waals surface area contributed by atoms with Crippen molar-refractivity contribution in [1.82, 2.24) is 0 Å². The van der Waals surface area contributed by atoms with Crippen molar-refractivity contribution in [1.29, 1.82) is 0 Å². The Labute approximate surface area is 244 Å². The van der Waals surface area contributed by atoms with Crippen molar-refractivity contribution >= 4 is 11.9 Å². The van der Waals surface area contributed by atoms with Gasteiger partial charge in [-0.05, 0) is 12.8 Å². The van der Waals surface area contributed by atoms with Crippen LogP contribution in [0.3, 0.4) is 0 Å². The second-order valence-corrected chi connectivity index (χ2v) is 12.7. The van der Waals surface area contributed by atoms with E-state index in [2.05, 4.69) is 13.8 Å². The fourth-order valence-corrected chi connectivity index (χ4v) is 6.33. The zero-order chi connectivity index (χ0) is 28.2. The molecule has 1 fully saturated rings. The number of ether oxygens (including phenoxy) is 1. The van der Waals surface area contributed by atoms with E-state index in [-0.39, 0.29) is 23.8 Å². The van der Waals surface area contributed by atoms with E-state index in [4.69, 9.17) is 4.74 Å². The molecule has 0 aromatic rings. The van der Waals surface area contributed by atoms with Crippen molar-refractivity contribution in [3.8, 4) is 0 Å². The summed E-state index contributed by atoms with van der Waals surface area (Å²) in [6, 6.07) is 0. The molecule has 0 aromatic heterocycles. The van der Waals surface area contributed by atoms with Crippen LogP contribution in [0, 0.1) is 11.8 Å². The summed E-state index contributed by atoms with van der Waals surface area (Å²) in [5, 5.41) is 0. The molecule has 1 saturated heterocycles. The summed E-state index contributed by atoms with van der Waals surface area (Å²) in [6.07, 6.45) is 39.2. The fraction of sp³-hybridized carbons (Fsp3) is 0.944. The Hall–Kier alpha value is -0.860. The van der Waals surface area contributed by atoms with Gasteiger partial charge in [0.05, 0.1) is 11.8 Å². The van der Waals surface area contributed by atoms with Crippen molar-refractivity contribution in [3.05, 3.63) is 0 Å². The number of cyclic esters (lactones) is 2. The third-order valence-corrected chi connectivity index (χ3v) is 9.03. The van der Waals surface area contributed by atoms with Gasteiger partial charge in [0.15, 0.2) is 0 Å². The molecule has 1 aliphatic rings. The van der Waals surface area contributed by atoms with E-state index in [1.165, 1.54) is 167 Å². The van der Waals surface area contributed by atoms with Crippen LogP contribution in [0.15, 0.2) is 0 Å². The Morgan fingerprint density at radius 1 is 0.359 bits per heavy atom. The Kier molecular flexibility index (Phi) is 25.3. The van der Waals surface area contributed by atoms with Gasteiger partial charge >= 0.3 is 11.9 Å². The molecular weight excluding hydrogens is 480 g/mol. The molecule has 2 unspecified atom stereocenters. The number of hydrogen-bond acceptors (Lipinski definition) is 3. The predicted molar refractivity (Wildman–Crippen MR) is 168 cm³/mol. The van der Waals surface area contributed by atoms with Crippen LogP contribution in [0.1, 0.15) is 206 Å². The standard InChI is InChI=1S/C36H68O3/c1-3-5-7-9-11-13-15-17-19-21-23-25-27-29-31-33-34(36(38)39-35(33)37)32-30-28-26-24-22-20-18-16-14-12-10-8-6-4-2/h33-34H,3-32H2,1-2H3. The van der Waals surface area contributed by atoms with Gasteiger partial charge in [-0.15, -0.1) is 0 Å². The second kappa shape index (κ2) is 27.3. The summed E-state index contributed by atoms with van der Waals surface area (Å²) >= 11 is 0. The highest BCUT2D eigenvalue weighted by molar-refractivity contribution is 5.96. The summed E-state index contributed by atoms with van der Waals surface area (Å²) < 4.78 is 5.05. The van der Waals surface area contributed by atoms with Gasteiger partial charge in [-0.3, -0.25) is 9.59 Å². The molecule has 230 valence electrons. The Balaban J connectivity index is 1.95. The lowest BCUT2D eigenvalue weighted by Gasteiger charge is -2.13. The van der Waals surface area contributed by atoms with Gasteiger partial charge in [0, 0.05) is 0 Å². The van der Waals surface area contributed by atoms with Crippen LogP contribution in [-0.2, 0) is 14.3 Å². The van der Waals surface area contributed by atoms with Gasteiger partial charge in [-0.2, -0.15) is 0 Å². The third kappa shape index (κ3) is 20.6. The lowest BCUT2D eigenvalue weighted by atomic mass is 9.86. The quantitative estimate of drug-likeness (QED) is 0.0509. The Morgan fingerprint density at radius 2 is 0.564 bits per heavy atom. The number of carbonyl (C=O) groups excluding carboxylic acids is 2. The molecular formula is C36H68O3. The Bertz CT molecular complexity index is 510. The van der Waals surface area contributed by atoms with Crippen molar-refractivity contribution in [2.24, 2.45) is 11.8 Å². The number of carbonyl (C=O) groups is 2. The maximum absolute atomic E-state index is 12.3. The van der Waals surface area contributed by atoms with Crippen molar-refractivity contribution in [3.63, 3.8) is 0 Å². The average molecular weight is 549 g/mol. The summed E-state index contributed by atoms with van der Waals surface area (Å²) in [5.74, 6) is -0.830. The monoisotopic (exact) mass is 549 g/mol. The molecule has 0 bridgehead atoms. The summed E-state index contributed by atoms with van der Waals surface area (Å²) in [7, 11) is 0. The minimum Gasteiger partial charge on any atom is -0.393 e. The summed E-state index contributed by atoms with van der Waals surface area (Å²) in [5.41, 5.74) is 0. The summed E-state index contributed by atoms with van der Waals surface area (Å²) in [4.78, 5) is 24.5. The van der Waals surface area contributed by atoms with E-state index in [9.17, 15) is 9.59 Å². The number of esters is 2. The van der Waals surface area contributed by atoms with Gasteiger partial charge < -0.3 is 4.74 Å². The third-order valence-electron chi connectivity index (χ3n) is 9.03. The van der Waals surface area contributed by atoms with Gasteiger partial charge in [0.1, 0.15) is 0 Å². The van der Waals surface area contributed by atoms with Crippen LogP contribution in [0.4, 0.5) is 0 Å². The maximum Gasteiger partial charge on any atom is 0.317 e. The zero-order valence-electron chi connectivity index (χ0n) is 26.6. The first-order valence-electron chi connectivity index (χ1n) is 18.0. The van der Waals surface area contributed by atoms with Gasteiger partial charge in [0.2, 0.25) is 0 Å². The average Bonchev–Trinajstić information content (AvgIpc) is 3.20. The summed E-state index contributed by atoms with van der Waals surface area (Å²) in [6.45, 7) is 4.56. The largest absolute Gasteiger partial charge is 0.393 e. The highest BCUT2D eigenvalue weighted by atomic mass is 16.6. The van der Waals surface area contributed by atoms with Crippen LogP contribution >= 0.6 is 0 Å². The number of hydrogen-bond donors (Lipinski definition) is 0. The van der Waals surface area contributed by atoms with E-state index in [0.29, 0.717) is 0 Å². The molecule has 0 aromatic carbocycles. The first-order chi connectivity index (χ1) is 19.2. The SMILES string of the molecule is CCCCCCCCCCCCCCCCC1C(=O)OC(=O)C1CCCCCCCCCCCCCCCC. The van der Waals surface area contributed by atoms with Crippen LogP contribution in [-0.4, -0.2) is 11.9 Å². The molecule has 0 saturated carbocycles. The molecule has 3 heteroatoms. The number of rotatable bonds is 30. The first-order valence-corrected chi connectivity index (χ1v) is 18.0. The van der Waals surface area contributed by atoms with E-state index >= 15 is 0 Å². The number of unbranched alkanes of at least 4 members (excludes halogenated alkanes) is 26. The lowest BCUT2D eigenvalue weighted by Crippen LogP contribution is -2.18. The van der Waals surface area contributed by atoms with Crippen LogP contribution in [0.5, 0.6) is 0 Å². The molecule has 1 heterocycles. The second-order valence-electron chi connectivity index (χ2n) is 12.7. The minimum absolute atomic E-state index is 0.170. The molecule has 1 aliphatic heterocycles. The highest BCUT2D eigenvalue weighted by Gasteiger charge is 2.42. The topological polar surface area (TPSA) is 43.4 Å². The van der Waals surface area contributed by atoms with E-state index in [1.54, 1.807) is 0 Å². The zero-order valence-corrected chi connectivity index (χ0v) is 26.6. The molecule has 0 spiro atoms. The molecule has 3 nitrogen and oxygen atoms in total. The van der Waals surface area contributed by atoms with Crippen LogP contribution < -0.4 is 0 Å². The van der Waals surface area contributed by atoms with Crippen LogP contribution in [0.25, 0.3) is 0 Å². The van der Waals surface area contributed by atoms with E-state index < -0.39 is 0 Å². The minimum atomic E-state index is -0.245. The van der Waals surface area contributed by atoms with Gasteiger partial charge in [-0.25, -0.2) is 0 Å². The molecule has 0 aliphatic carbocycles. The van der Waals surface area contributed by atoms with E-state index in [1.807, 2.05) is 0 Å². The molecule has 39 heavy (non-hydrogen) atoms. The van der Waals surface area contributed by atoms with Crippen molar-refractivity contribution in [2.45, 2.75) is 206 Å². The van der Waals surface area contributed by atoms with Crippen LogP contribution in [0.2, 0.25) is 0 Å². The molecule has 2 atom stereocenters. The fourth-order valence-electron chi connectivity index (χ4n) is 6.33. The molecule has 0 radical (unpaired) electrons. The highest BCUT2D eigenvalue weighted by Crippen LogP contribution is 2.32. The molecule has 0 N–H and O–H groups in total. The molecule has 0 amide bonds. The van der Waals surface area contributed by atoms with Gasteiger partial charge in [0.25, 0.3) is 0 Å². The maximum atomic E-state index is 12.3. The van der Waals surface area contributed by atoms with E-state index in [0.717, 1.165) is 25.7 Å². The van der Waals surface area contributed by atoms with Gasteiger partial charge in [-0.1, -0.05) is 194 Å². The predicted octanol–water partition coefficient (Wildman–Crippen LogP) is 12.0. The normalized spacial score (nSPS) is 17.3. The Morgan fingerprint density at radius 3 is 0.795 bits per heavy atom. The molecule has 1 rings (SSSR count). The lowest BCUT2D eigenvalue weighted by molar-refractivity contribution is -0.153. The first kappa shape index (κ1) is 36.2. The van der Waals surface area contributed by atoms with Crippen molar-refractivity contribution < 1.29 is 14.3 Å².